The molecule has 0 radical (unpaired) electrons. The lowest BCUT2D eigenvalue weighted by Crippen LogP contribution is -2.37. The summed E-state index contributed by atoms with van der Waals surface area (Å²) in [5, 5.41) is 6.49. The first-order valence-corrected chi connectivity index (χ1v) is 10.4. The molecule has 1 heterocycles. The maximum atomic E-state index is 11.7. The van der Waals surface area contributed by atoms with Crippen molar-refractivity contribution in [2.24, 2.45) is 4.99 Å². The zero-order valence-corrected chi connectivity index (χ0v) is 19.3. The van der Waals surface area contributed by atoms with E-state index in [9.17, 15) is 8.42 Å². The van der Waals surface area contributed by atoms with Gasteiger partial charge in [0.15, 0.2) is 15.8 Å². The standard InChI is InChI=1S/C19H26N4O2S.HI/c1-5-20-19(23-13-17-14(2)7-6-10-21-17)22-12-16-8-9-18(15(3)11-16)26(4,24)25;/h6-11H,5,12-13H2,1-4H3,(H2,20,22,23);1H. The van der Waals surface area contributed by atoms with Crippen molar-refractivity contribution < 1.29 is 8.42 Å². The lowest BCUT2D eigenvalue weighted by atomic mass is 10.1. The van der Waals surface area contributed by atoms with Gasteiger partial charge in [0.1, 0.15) is 0 Å². The number of aliphatic imine (C=N–C) groups is 1. The molecular weight excluding hydrogens is 475 g/mol. The summed E-state index contributed by atoms with van der Waals surface area (Å²) in [5.74, 6) is 0.697. The van der Waals surface area contributed by atoms with E-state index in [1.165, 1.54) is 6.26 Å². The van der Waals surface area contributed by atoms with E-state index in [0.29, 0.717) is 23.9 Å². The maximum absolute atomic E-state index is 11.7. The number of nitrogens with one attached hydrogen (secondary N) is 2. The minimum atomic E-state index is -3.20. The SMILES string of the molecule is CCNC(=NCc1ccc(S(C)(=O)=O)c(C)c1)NCc1ncccc1C.I. The van der Waals surface area contributed by atoms with Crippen LogP contribution < -0.4 is 10.6 Å². The zero-order valence-electron chi connectivity index (χ0n) is 16.1. The number of benzene rings is 1. The van der Waals surface area contributed by atoms with Gasteiger partial charge >= 0.3 is 0 Å². The predicted octanol–water partition coefficient (Wildman–Crippen LogP) is 2.98. The lowest BCUT2D eigenvalue weighted by Gasteiger charge is -2.12. The van der Waals surface area contributed by atoms with Gasteiger partial charge in [-0.05, 0) is 49.6 Å². The molecule has 148 valence electrons. The van der Waals surface area contributed by atoms with Crippen LogP contribution in [0.5, 0.6) is 0 Å². The molecular formula is C19H27IN4O2S. The van der Waals surface area contributed by atoms with Crippen LogP contribution in [-0.4, -0.2) is 32.2 Å². The summed E-state index contributed by atoms with van der Waals surface area (Å²) in [5.41, 5.74) is 3.80. The summed E-state index contributed by atoms with van der Waals surface area (Å²) in [6, 6.07) is 9.26. The Kier molecular flexibility index (Phi) is 9.17. The monoisotopic (exact) mass is 502 g/mol. The molecule has 1 aromatic carbocycles. The molecule has 0 bridgehead atoms. The van der Waals surface area contributed by atoms with Crippen molar-refractivity contribution >= 4 is 39.8 Å². The molecule has 27 heavy (non-hydrogen) atoms. The number of rotatable bonds is 6. The van der Waals surface area contributed by atoms with Gasteiger partial charge in [-0.2, -0.15) is 0 Å². The first kappa shape index (κ1) is 23.4. The fourth-order valence-corrected chi connectivity index (χ4v) is 3.57. The van der Waals surface area contributed by atoms with E-state index in [2.05, 4.69) is 20.6 Å². The number of hydrogen-bond donors (Lipinski definition) is 2. The fourth-order valence-electron chi connectivity index (χ4n) is 2.61. The van der Waals surface area contributed by atoms with Crippen LogP contribution in [0.25, 0.3) is 0 Å². The van der Waals surface area contributed by atoms with Crippen molar-refractivity contribution in [1.82, 2.24) is 15.6 Å². The van der Waals surface area contributed by atoms with Crippen LogP contribution >= 0.6 is 24.0 Å². The van der Waals surface area contributed by atoms with Gasteiger partial charge in [0.05, 0.1) is 23.7 Å². The number of hydrogen-bond acceptors (Lipinski definition) is 4. The molecule has 0 fully saturated rings. The number of guanidine groups is 1. The molecule has 2 aromatic rings. The lowest BCUT2D eigenvalue weighted by molar-refractivity contribution is 0.601. The highest BCUT2D eigenvalue weighted by Crippen LogP contribution is 2.17. The topological polar surface area (TPSA) is 83.5 Å². The van der Waals surface area contributed by atoms with Gasteiger partial charge in [-0.15, -0.1) is 24.0 Å². The molecule has 0 amide bonds. The van der Waals surface area contributed by atoms with E-state index < -0.39 is 9.84 Å². The molecule has 0 spiro atoms. The minimum absolute atomic E-state index is 0. The molecule has 2 N–H and O–H groups in total. The van der Waals surface area contributed by atoms with E-state index in [-0.39, 0.29) is 24.0 Å². The van der Waals surface area contributed by atoms with Crippen molar-refractivity contribution in [2.75, 3.05) is 12.8 Å². The first-order valence-electron chi connectivity index (χ1n) is 8.53. The van der Waals surface area contributed by atoms with Gasteiger partial charge in [-0.1, -0.05) is 18.2 Å². The molecule has 1 aromatic heterocycles. The van der Waals surface area contributed by atoms with Crippen LogP contribution in [-0.2, 0) is 22.9 Å². The summed E-state index contributed by atoms with van der Waals surface area (Å²) in [7, 11) is -3.20. The maximum Gasteiger partial charge on any atom is 0.191 e. The number of aromatic nitrogens is 1. The van der Waals surface area contributed by atoms with Gasteiger partial charge in [-0.25, -0.2) is 13.4 Å². The van der Waals surface area contributed by atoms with E-state index in [1.807, 2.05) is 32.0 Å². The highest BCUT2D eigenvalue weighted by molar-refractivity contribution is 14.0. The second kappa shape index (κ2) is 10.6. The average molecular weight is 502 g/mol. The van der Waals surface area contributed by atoms with Crippen LogP contribution in [0, 0.1) is 13.8 Å². The molecule has 0 aliphatic heterocycles. The number of aryl methyl sites for hydroxylation is 2. The summed E-state index contributed by atoms with van der Waals surface area (Å²) in [6.45, 7) is 7.64. The zero-order chi connectivity index (χ0) is 19.2. The summed E-state index contributed by atoms with van der Waals surface area (Å²) in [6.07, 6.45) is 3.00. The molecule has 0 atom stereocenters. The van der Waals surface area contributed by atoms with Gasteiger partial charge < -0.3 is 10.6 Å². The Bertz CT molecular complexity index is 898. The predicted molar refractivity (Wildman–Crippen MR) is 120 cm³/mol. The Morgan fingerprint density at radius 3 is 2.48 bits per heavy atom. The molecule has 2 rings (SSSR count). The highest BCUT2D eigenvalue weighted by atomic mass is 127. The Morgan fingerprint density at radius 2 is 1.89 bits per heavy atom. The first-order chi connectivity index (χ1) is 12.3. The average Bonchev–Trinajstić information content (AvgIpc) is 2.57. The third-order valence-corrected chi connectivity index (χ3v) is 5.20. The summed E-state index contributed by atoms with van der Waals surface area (Å²) in [4.78, 5) is 9.31. The van der Waals surface area contributed by atoms with Gasteiger partial charge in [0, 0.05) is 19.0 Å². The van der Waals surface area contributed by atoms with E-state index >= 15 is 0 Å². The largest absolute Gasteiger partial charge is 0.357 e. The second-order valence-electron chi connectivity index (χ2n) is 6.19. The molecule has 0 unspecified atom stereocenters. The number of halogens is 1. The molecule has 0 aliphatic carbocycles. The fraction of sp³-hybridized carbons (Fsp3) is 0.368. The normalized spacial score (nSPS) is 11.6. The van der Waals surface area contributed by atoms with Crippen LogP contribution in [0.2, 0.25) is 0 Å². The van der Waals surface area contributed by atoms with E-state index in [1.54, 1.807) is 25.3 Å². The Morgan fingerprint density at radius 1 is 1.15 bits per heavy atom. The summed E-state index contributed by atoms with van der Waals surface area (Å²) < 4.78 is 23.4. The molecule has 0 saturated heterocycles. The third kappa shape index (κ3) is 7.10. The van der Waals surface area contributed by atoms with Gasteiger partial charge in [0.25, 0.3) is 0 Å². The Hall–Kier alpha value is -1.68. The quantitative estimate of drug-likeness (QED) is 0.361. The van der Waals surface area contributed by atoms with Gasteiger partial charge in [-0.3, -0.25) is 4.98 Å². The number of pyridine rings is 1. The summed E-state index contributed by atoms with van der Waals surface area (Å²) >= 11 is 0. The molecule has 6 nitrogen and oxygen atoms in total. The van der Waals surface area contributed by atoms with Crippen LogP contribution in [0.4, 0.5) is 0 Å². The van der Waals surface area contributed by atoms with Crippen molar-refractivity contribution in [3.8, 4) is 0 Å². The number of nitrogens with zero attached hydrogens (tertiary/aromatic N) is 2. The van der Waals surface area contributed by atoms with Crippen LogP contribution in [0.15, 0.2) is 46.4 Å². The van der Waals surface area contributed by atoms with Crippen molar-refractivity contribution in [3.63, 3.8) is 0 Å². The molecule has 0 aliphatic rings. The van der Waals surface area contributed by atoms with Crippen molar-refractivity contribution in [3.05, 3.63) is 58.9 Å². The number of sulfone groups is 1. The van der Waals surface area contributed by atoms with Crippen molar-refractivity contribution in [2.45, 2.75) is 38.8 Å². The van der Waals surface area contributed by atoms with Crippen molar-refractivity contribution in [1.29, 1.82) is 0 Å². The smallest absolute Gasteiger partial charge is 0.191 e. The highest BCUT2D eigenvalue weighted by Gasteiger charge is 2.10. The Labute approximate surface area is 178 Å². The van der Waals surface area contributed by atoms with Crippen LogP contribution in [0.1, 0.15) is 29.3 Å². The van der Waals surface area contributed by atoms with Crippen LogP contribution in [0.3, 0.4) is 0 Å². The van der Waals surface area contributed by atoms with E-state index in [0.717, 1.165) is 28.9 Å². The molecule has 0 saturated carbocycles. The van der Waals surface area contributed by atoms with E-state index in [4.69, 9.17) is 0 Å². The minimum Gasteiger partial charge on any atom is -0.357 e. The third-order valence-electron chi connectivity index (χ3n) is 3.94. The van der Waals surface area contributed by atoms with Gasteiger partial charge in [0.2, 0.25) is 0 Å². The Balaban J connectivity index is 0.00000364. The second-order valence-corrected chi connectivity index (χ2v) is 8.17. The molecule has 8 heteroatoms.